The quantitative estimate of drug-likeness (QED) is 0.753. The number of alkyl halides is 1. The topological polar surface area (TPSA) is 12.0 Å². The van der Waals surface area contributed by atoms with E-state index in [9.17, 15) is 4.39 Å². The van der Waals surface area contributed by atoms with Gasteiger partial charge in [-0.25, -0.2) is 0 Å². The minimum absolute atomic E-state index is 0.207. The zero-order valence-corrected chi connectivity index (χ0v) is 9.88. The van der Waals surface area contributed by atoms with Crippen LogP contribution in [0.15, 0.2) is 24.3 Å². The SMILES string of the molecule is Cc1ccc(C2CC(NCCCF)C2)cc1. The average molecular weight is 221 g/mol. The molecule has 1 aromatic carbocycles. The van der Waals surface area contributed by atoms with Gasteiger partial charge in [0.1, 0.15) is 0 Å². The summed E-state index contributed by atoms with van der Waals surface area (Å²) in [5, 5.41) is 3.39. The van der Waals surface area contributed by atoms with Gasteiger partial charge in [-0.1, -0.05) is 29.8 Å². The standard InChI is InChI=1S/C14H20FN/c1-11-3-5-12(6-4-11)13-9-14(10-13)16-8-2-7-15/h3-6,13-14,16H,2,7-10H2,1H3. The Labute approximate surface area is 97.1 Å². The minimum atomic E-state index is -0.207. The van der Waals surface area contributed by atoms with Gasteiger partial charge in [-0.3, -0.25) is 4.39 Å². The summed E-state index contributed by atoms with van der Waals surface area (Å²) in [5.41, 5.74) is 2.77. The van der Waals surface area contributed by atoms with Crippen LogP contribution in [0.2, 0.25) is 0 Å². The minimum Gasteiger partial charge on any atom is -0.314 e. The fraction of sp³-hybridized carbons (Fsp3) is 0.571. The molecule has 1 nitrogen and oxygen atoms in total. The average Bonchev–Trinajstić information content (AvgIpc) is 2.23. The summed E-state index contributed by atoms with van der Waals surface area (Å²) in [6.07, 6.45) is 3.05. The monoisotopic (exact) mass is 221 g/mol. The molecule has 0 aliphatic heterocycles. The Morgan fingerprint density at radius 2 is 1.94 bits per heavy atom. The van der Waals surface area contributed by atoms with Gasteiger partial charge in [-0.2, -0.15) is 0 Å². The Morgan fingerprint density at radius 1 is 1.25 bits per heavy atom. The Morgan fingerprint density at radius 3 is 2.56 bits per heavy atom. The first kappa shape index (κ1) is 11.6. The van der Waals surface area contributed by atoms with Crippen molar-refractivity contribution in [1.29, 1.82) is 0 Å². The first-order valence-corrected chi connectivity index (χ1v) is 6.15. The van der Waals surface area contributed by atoms with Crippen molar-refractivity contribution >= 4 is 0 Å². The van der Waals surface area contributed by atoms with E-state index in [-0.39, 0.29) is 6.67 Å². The van der Waals surface area contributed by atoms with Crippen molar-refractivity contribution in [2.75, 3.05) is 13.2 Å². The Kier molecular flexibility index (Phi) is 3.94. The third-order valence-corrected chi connectivity index (χ3v) is 3.43. The fourth-order valence-electron chi connectivity index (χ4n) is 2.27. The molecule has 0 radical (unpaired) electrons. The molecule has 1 fully saturated rings. The van der Waals surface area contributed by atoms with Gasteiger partial charge in [0.25, 0.3) is 0 Å². The zero-order valence-electron chi connectivity index (χ0n) is 9.88. The lowest BCUT2D eigenvalue weighted by atomic mass is 9.76. The summed E-state index contributed by atoms with van der Waals surface area (Å²) < 4.78 is 11.9. The van der Waals surface area contributed by atoms with Gasteiger partial charge in [0.2, 0.25) is 0 Å². The van der Waals surface area contributed by atoms with Crippen molar-refractivity contribution < 1.29 is 4.39 Å². The van der Waals surface area contributed by atoms with Crippen LogP contribution in [0.1, 0.15) is 36.3 Å². The number of rotatable bonds is 5. The van der Waals surface area contributed by atoms with Crippen LogP contribution in [0, 0.1) is 6.92 Å². The first-order chi connectivity index (χ1) is 7.79. The molecule has 1 aliphatic rings. The molecule has 0 atom stereocenters. The maximum absolute atomic E-state index is 11.9. The Balaban J connectivity index is 1.73. The summed E-state index contributed by atoms with van der Waals surface area (Å²) >= 11 is 0. The molecule has 2 heteroatoms. The smallest absolute Gasteiger partial charge is 0.0906 e. The Bertz CT molecular complexity index is 314. The largest absolute Gasteiger partial charge is 0.314 e. The molecule has 0 amide bonds. The second-order valence-corrected chi connectivity index (χ2v) is 4.77. The predicted octanol–water partition coefficient (Wildman–Crippen LogP) is 3.19. The molecular weight excluding hydrogens is 201 g/mol. The van der Waals surface area contributed by atoms with E-state index < -0.39 is 0 Å². The van der Waals surface area contributed by atoms with E-state index in [1.54, 1.807) is 0 Å². The summed E-state index contributed by atoms with van der Waals surface area (Å²) in [7, 11) is 0. The highest BCUT2D eigenvalue weighted by molar-refractivity contribution is 5.26. The summed E-state index contributed by atoms with van der Waals surface area (Å²) in [5.74, 6) is 0.712. The van der Waals surface area contributed by atoms with E-state index in [1.807, 2.05) is 0 Å². The first-order valence-electron chi connectivity index (χ1n) is 6.15. The van der Waals surface area contributed by atoms with Crippen LogP contribution in [-0.4, -0.2) is 19.3 Å². The van der Waals surface area contributed by atoms with Crippen LogP contribution in [0.4, 0.5) is 4.39 Å². The summed E-state index contributed by atoms with van der Waals surface area (Å²) in [4.78, 5) is 0. The maximum Gasteiger partial charge on any atom is 0.0906 e. The van der Waals surface area contributed by atoms with Gasteiger partial charge >= 0.3 is 0 Å². The van der Waals surface area contributed by atoms with Crippen LogP contribution in [0.25, 0.3) is 0 Å². The van der Waals surface area contributed by atoms with Gasteiger partial charge in [0, 0.05) is 6.04 Å². The van der Waals surface area contributed by atoms with Crippen molar-refractivity contribution in [2.24, 2.45) is 0 Å². The molecule has 0 bridgehead atoms. The molecule has 0 heterocycles. The molecule has 0 saturated heterocycles. The van der Waals surface area contributed by atoms with Crippen LogP contribution in [0.5, 0.6) is 0 Å². The maximum atomic E-state index is 11.9. The highest BCUT2D eigenvalue weighted by Gasteiger charge is 2.29. The lowest BCUT2D eigenvalue weighted by molar-refractivity contribution is 0.286. The number of halogens is 1. The second-order valence-electron chi connectivity index (χ2n) is 4.77. The second kappa shape index (κ2) is 5.44. The number of aryl methyl sites for hydroxylation is 1. The lowest BCUT2D eigenvalue weighted by Crippen LogP contribution is -2.40. The van der Waals surface area contributed by atoms with Crippen LogP contribution in [0.3, 0.4) is 0 Å². The predicted molar refractivity (Wildman–Crippen MR) is 65.5 cm³/mol. The molecular formula is C14H20FN. The molecule has 16 heavy (non-hydrogen) atoms. The number of nitrogens with one attached hydrogen (secondary N) is 1. The summed E-state index contributed by atoms with van der Waals surface area (Å²) in [6.45, 7) is 2.73. The van der Waals surface area contributed by atoms with E-state index in [0.29, 0.717) is 18.4 Å². The van der Waals surface area contributed by atoms with Gasteiger partial charge in [-0.15, -0.1) is 0 Å². The van der Waals surface area contributed by atoms with Crippen LogP contribution < -0.4 is 5.32 Å². The van der Waals surface area contributed by atoms with Gasteiger partial charge in [0.15, 0.2) is 0 Å². The summed E-state index contributed by atoms with van der Waals surface area (Å²) in [6, 6.07) is 9.44. The van der Waals surface area contributed by atoms with Gasteiger partial charge in [0.05, 0.1) is 6.67 Å². The van der Waals surface area contributed by atoms with Crippen LogP contribution >= 0.6 is 0 Å². The molecule has 1 saturated carbocycles. The van der Waals surface area contributed by atoms with E-state index in [1.165, 1.54) is 24.0 Å². The van der Waals surface area contributed by atoms with E-state index in [4.69, 9.17) is 0 Å². The molecule has 0 unspecified atom stereocenters. The third-order valence-electron chi connectivity index (χ3n) is 3.43. The van der Waals surface area contributed by atoms with Gasteiger partial charge < -0.3 is 5.32 Å². The Hall–Kier alpha value is -0.890. The van der Waals surface area contributed by atoms with Gasteiger partial charge in [-0.05, 0) is 44.2 Å². The fourth-order valence-corrected chi connectivity index (χ4v) is 2.27. The highest BCUT2D eigenvalue weighted by Crippen LogP contribution is 2.36. The molecule has 2 rings (SSSR count). The normalized spacial score (nSPS) is 24.1. The third kappa shape index (κ3) is 2.82. The lowest BCUT2D eigenvalue weighted by Gasteiger charge is -2.36. The molecule has 1 aliphatic carbocycles. The molecule has 0 spiro atoms. The number of benzene rings is 1. The zero-order chi connectivity index (χ0) is 11.4. The molecule has 1 aromatic rings. The number of hydrogen-bond acceptors (Lipinski definition) is 1. The van der Waals surface area contributed by atoms with E-state index in [2.05, 4.69) is 36.5 Å². The van der Waals surface area contributed by atoms with Crippen molar-refractivity contribution in [3.63, 3.8) is 0 Å². The molecule has 0 aromatic heterocycles. The highest BCUT2D eigenvalue weighted by atomic mass is 19.1. The number of hydrogen-bond donors (Lipinski definition) is 1. The van der Waals surface area contributed by atoms with Crippen molar-refractivity contribution in [3.05, 3.63) is 35.4 Å². The van der Waals surface area contributed by atoms with Crippen LogP contribution in [-0.2, 0) is 0 Å². The molecule has 1 N–H and O–H groups in total. The van der Waals surface area contributed by atoms with Crippen molar-refractivity contribution in [3.8, 4) is 0 Å². The van der Waals surface area contributed by atoms with E-state index >= 15 is 0 Å². The van der Waals surface area contributed by atoms with Crippen molar-refractivity contribution in [2.45, 2.75) is 38.1 Å². The molecule has 88 valence electrons. The van der Waals surface area contributed by atoms with Crippen molar-refractivity contribution in [1.82, 2.24) is 5.32 Å². The van der Waals surface area contributed by atoms with E-state index in [0.717, 1.165) is 6.54 Å².